The molecule has 1 atom stereocenters. The Kier molecular flexibility index (Phi) is 4.09. The first-order valence-electron chi connectivity index (χ1n) is 4.62. The third-order valence-corrected chi connectivity index (χ3v) is 2.88. The predicted octanol–water partition coefficient (Wildman–Crippen LogP) is 1.99. The van der Waals surface area contributed by atoms with Crippen molar-refractivity contribution in [3.8, 4) is 0 Å². The van der Waals surface area contributed by atoms with E-state index < -0.39 is 11.2 Å². The molecule has 0 aliphatic rings. The van der Waals surface area contributed by atoms with Crippen LogP contribution in [0.25, 0.3) is 0 Å². The normalized spacial score (nSPS) is 14.2. The van der Waals surface area contributed by atoms with Crippen LogP contribution in [0.15, 0.2) is 0 Å². The second-order valence-electron chi connectivity index (χ2n) is 3.59. The number of anilines is 1. The van der Waals surface area contributed by atoms with Crippen LogP contribution in [-0.4, -0.2) is 28.0 Å². The number of hydrogen-bond donors (Lipinski definition) is 2. The number of alkyl halides is 3. The molecule has 0 aliphatic carbocycles. The molecule has 0 unspecified atom stereocenters. The van der Waals surface area contributed by atoms with E-state index in [1.54, 1.807) is 0 Å². The highest BCUT2D eigenvalue weighted by Gasteiger charge is 2.35. The Bertz CT molecular complexity index is 340. The Morgan fingerprint density at radius 2 is 2.00 bits per heavy atom. The minimum Gasteiger partial charge on any atom is -0.394 e. The summed E-state index contributed by atoms with van der Waals surface area (Å²) in [5.74, 6) is 0.0863. The maximum atomic E-state index is 12.2. The number of hydrogen-bond acceptors (Lipinski definition) is 5. The van der Waals surface area contributed by atoms with Crippen molar-refractivity contribution in [1.82, 2.24) is 10.2 Å². The highest BCUT2D eigenvalue weighted by Crippen LogP contribution is 2.33. The van der Waals surface area contributed by atoms with Gasteiger partial charge in [0, 0.05) is 0 Å². The quantitative estimate of drug-likeness (QED) is 0.863. The van der Waals surface area contributed by atoms with E-state index >= 15 is 0 Å². The first-order valence-corrected chi connectivity index (χ1v) is 5.44. The highest BCUT2D eigenvalue weighted by atomic mass is 32.1. The number of nitrogens with zero attached hydrogens (tertiary/aromatic N) is 2. The van der Waals surface area contributed by atoms with Crippen LogP contribution < -0.4 is 5.32 Å². The van der Waals surface area contributed by atoms with Gasteiger partial charge in [-0.1, -0.05) is 25.2 Å². The van der Waals surface area contributed by atoms with Gasteiger partial charge >= 0.3 is 6.18 Å². The van der Waals surface area contributed by atoms with E-state index in [1.807, 2.05) is 13.8 Å². The first kappa shape index (κ1) is 13.2. The molecule has 0 fully saturated rings. The van der Waals surface area contributed by atoms with Crippen LogP contribution in [0.4, 0.5) is 18.3 Å². The lowest BCUT2D eigenvalue weighted by Crippen LogP contribution is -2.29. The van der Waals surface area contributed by atoms with Crippen molar-refractivity contribution in [3.63, 3.8) is 0 Å². The molecule has 1 aromatic rings. The molecule has 4 nitrogen and oxygen atoms in total. The molecular weight excluding hydrogens is 243 g/mol. The molecule has 0 radical (unpaired) electrons. The van der Waals surface area contributed by atoms with Gasteiger partial charge in [0.1, 0.15) is 0 Å². The average Bonchev–Trinajstić information content (AvgIpc) is 2.61. The van der Waals surface area contributed by atoms with Crippen LogP contribution in [0, 0.1) is 5.92 Å². The van der Waals surface area contributed by atoms with Crippen molar-refractivity contribution < 1.29 is 18.3 Å². The number of aliphatic hydroxyl groups excluding tert-OH is 1. The zero-order valence-electron chi connectivity index (χ0n) is 8.75. The standard InChI is InChI=1S/C8H12F3N3OS/c1-4(2)5(3-15)12-7-14-13-6(16-7)8(9,10)11/h4-5,15H,3H2,1-2H3,(H,12,14)/t5-/m1/s1. The molecule has 0 aliphatic heterocycles. The van der Waals surface area contributed by atoms with Gasteiger partial charge in [-0.05, 0) is 5.92 Å². The van der Waals surface area contributed by atoms with Crippen LogP contribution in [-0.2, 0) is 6.18 Å². The van der Waals surface area contributed by atoms with Gasteiger partial charge in [0.2, 0.25) is 10.1 Å². The maximum Gasteiger partial charge on any atom is 0.445 e. The summed E-state index contributed by atoms with van der Waals surface area (Å²) in [4.78, 5) is 0. The van der Waals surface area contributed by atoms with Crippen molar-refractivity contribution in [3.05, 3.63) is 5.01 Å². The molecule has 1 aromatic heterocycles. The lowest BCUT2D eigenvalue weighted by molar-refractivity contribution is -0.138. The van der Waals surface area contributed by atoms with E-state index in [-0.39, 0.29) is 23.7 Å². The minimum atomic E-state index is -4.47. The van der Waals surface area contributed by atoms with E-state index in [0.717, 1.165) is 0 Å². The van der Waals surface area contributed by atoms with Gasteiger partial charge in [-0.3, -0.25) is 0 Å². The van der Waals surface area contributed by atoms with Crippen molar-refractivity contribution >= 4 is 16.5 Å². The Balaban J connectivity index is 2.72. The zero-order chi connectivity index (χ0) is 12.3. The van der Waals surface area contributed by atoms with E-state index in [1.165, 1.54) is 0 Å². The molecule has 92 valence electrons. The third-order valence-electron chi connectivity index (χ3n) is 1.98. The van der Waals surface area contributed by atoms with E-state index in [0.29, 0.717) is 11.3 Å². The Labute approximate surface area is 94.5 Å². The van der Waals surface area contributed by atoms with Gasteiger partial charge in [-0.2, -0.15) is 13.2 Å². The van der Waals surface area contributed by atoms with Gasteiger partial charge in [0.05, 0.1) is 12.6 Å². The van der Waals surface area contributed by atoms with Gasteiger partial charge in [0.15, 0.2) is 0 Å². The molecule has 0 amide bonds. The Morgan fingerprint density at radius 3 is 2.38 bits per heavy atom. The lowest BCUT2D eigenvalue weighted by atomic mass is 10.1. The molecule has 0 saturated carbocycles. The van der Waals surface area contributed by atoms with Crippen molar-refractivity contribution in [1.29, 1.82) is 0 Å². The largest absolute Gasteiger partial charge is 0.445 e. The molecule has 2 N–H and O–H groups in total. The number of halogens is 3. The number of aliphatic hydroxyl groups is 1. The Hall–Kier alpha value is -0.890. The predicted molar refractivity (Wildman–Crippen MR) is 54.2 cm³/mol. The molecule has 0 bridgehead atoms. The van der Waals surface area contributed by atoms with E-state index in [9.17, 15) is 13.2 Å². The summed E-state index contributed by atoms with van der Waals surface area (Å²) in [6, 6.07) is -0.325. The highest BCUT2D eigenvalue weighted by molar-refractivity contribution is 7.15. The van der Waals surface area contributed by atoms with Gasteiger partial charge in [-0.25, -0.2) is 0 Å². The summed E-state index contributed by atoms with van der Waals surface area (Å²) in [6.45, 7) is 3.53. The lowest BCUT2D eigenvalue weighted by Gasteiger charge is -2.18. The van der Waals surface area contributed by atoms with E-state index in [2.05, 4.69) is 15.5 Å². The smallest absolute Gasteiger partial charge is 0.394 e. The molecule has 16 heavy (non-hydrogen) atoms. The topological polar surface area (TPSA) is 58.0 Å². The number of nitrogens with one attached hydrogen (secondary N) is 1. The molecule has 0 saturated heterocycles. The fraction of sp³-hybridized carbons (Fsp3) is 0.750. The van der Waals surface area contributed by atoms with Crippen molar-refractivity contribution in [2.24, 2.45) is 5.92 Å². The fourth-order valence-corrected chi connectivity index (χ4v) is 1.65. The number of aromatic nitrogens is 2. The summed E-state index contributed by atoms with van der Waals surface area (Å²) < 4.78 is 36.6. The van der Waals surface area contributed by atoms with Gasteiger partial charge < -0.3 is 10.4 Å². The van der Waals surface area contributed by atoms with Gasteiger partial charge in [0.25, 0.3) is 0 Å². The second kappa shape index (κ2) is 4.96. The second-order valence-corrected chi connectivity index (χ2v) is 4.57. The number of rotatable bonds is 4. The summed E-state index contributed by atoms with van der Waals surface area (Å²) >= 11 is 0.431. The van der Waals surface area contributed by atoms with Crippen molar-refractivity contribution in [2.75, 3.05) is 11.9 Å². The van der Waals surface area contributed by atoms with Crippen LogP contribution in [0.1, 0.15) is 18.9 Å². The third kappa shape index (κ3) is 3.31. The monoisotopic (exact) mass is 255 g/mol. The SMILES string of the molecule is CC(C)[C@@H](CO)Nc1nnc(C(F)(F)F)s1. The Morgan fingerprint density at radius 1 is 1.38 bits per heavy atom. The molecule has 8 heteroatoms. The van der Waals surface area contributed by atoms with Crippen molar-refractivity contribution in [2.45, 2.75) is 26.1 Å². The first-order chi connectivity index (χ1) is 7.34. The maximum absolute atomic E-state index is 12.2. The van der Waals surface area contributed by atoms with Crippen LogP contribution in [0.2, 0.25) is 0 Å². The molecule has 0 spiro atoms. The summed E-state index contributed by atoms with van der Waals surface area (Å²) in [7, 11) is 0. The minimum absolute atomic E-state index is 0.0695. The van der Waals surface area contributed by atoms with Gasteiger partial charge in [-0.15, -0.1) is 10.2 Å². The molecular formula is C8H12F3N3OS. The van der Waals surface area contributed by atoms with Crippen LogP contribution >= 0.6 is 11.3 Å². The summed E-state index contributed by atoms with van der Waals surface area (Å²) in [6.07, 6.45) is -4.47. The molecule has 1 rings (SSSR count). The average molecular weight is 255 g/mol. The molecule has 0 aromatic carbocycles. The van der Waals surface area contributed by atoms with Crippen LogP contribution in [0.3, 0.4) is 0 Å². The zero-order valence-corrected chi connectivity index (χ0v) is 9.56. The summed E-state index contributed by atoms with van der Waals surface area (Å²) in [5.41, 5.74) is 0. The van der Waals surface area contributed by atoms with Crippen LogP contribution in [0.5, 0.6) is 0 Å². The van der Waals surface area contributed by atoms with E-state index in [4.69, 9.17) is 5.11 Å². The fourth-order valence-electron chi connectivity index (χ4n) is 0.978. The summed E-state index contributed by atoms with van der Waals surface area (Å²) in [5, 5.41) is 17.2. The molecule has 1 heterocycles.